The van der Waals surface area contributed by atoms with Gasteiger partial charge in [-0.3, -0.25) is 0 Å². The van der Waals surface area contributed by atoms with E-state index in [2.05, 4.69) is 33.0 Å². The number of hydrogen-bond acceptors (Lipinski definition) is 1. The maximum Gasteiger partial charge on any atom is 0.142 e. The first-order valence-electron chi connectivity index (χ1n) is 6.63. The van der Waals surface area contributed by atoms with Crippen LogP contribution in [0.15, 0.2) is 18.2 Å². The lowest BCUT2D eigenvalue weighted by Crippen LogP contribution is -2.39. The minimum atomic E-state index is -0.332. The van der Waals surface area contributed by atoms with Crippen molar-refractivity contribution in [2.75, 3.05) is 6.54 Å². The zero-order valence-electron chi connectivity index (χ0n) is 11.6. The van der Waals surface area contributed by atoms with Gasteiger partial charge in [0, 0.05) is 6.04 Å². The summed E-state index contributed by atoms with van der Waals surface area (Å²) >= 11 is 6.02. The highest BCUT2D eigenvalue weighted by molar-refractivity contribution is 6.31. The lowest BCUT2D eigenvalue weighted by Gasteiger charge is -2.28. The van der Waals surface area contributed by atoms with E-state index in [0.717, 1.165) is 18.5 Å². The Hall–Kier alpha value is -0.600. The molecule has 0 aliphatic carbocycles. The molecule has 0 radical (unpaired) electrons. The largest absolute Gasteiger partial charge is 0.314 e. The van der Waals surface area contributed by atoms with Crippen LogP contribution in [0, 0.1) is 17.7 Å². The van der Waals surface area contributed by atoms with Gasteiger partial charge in [-0.2, -0.15) is 0 Å². The van der Waals surface area contributed by atoms with Gasteiger partial charge < -0.3 is 5.32 Å². The SMILES string of the molecule is CCNC(Cc1cccc(F)c1Cl)C(C)C(C)C. The van der Waals surface area contributed by atoms with E-state index < -0.39 is 0 Å². The normalized spacial score (nSPS) is 14.8. The van der Waals surface area contributed by atoms with E-state index in [4.69, 9.17) is 11.6 Å². The molecule has 2 atom stereocenters. The quantitative estimate of drug-likeness (QED) is 0.814. The fraction of sp³-hybridized carbons (Fsp3) is 0.600. The summed E-state index contributed by atoms with van der Waals surface area (Å²) in [5, 5.41) is 3.74. The fourth-order valence-electron chi connectivity index (χ4n) is 2.11. The molecule has 18 heavy (non-hydrogen) atoms. The molecule has 1 N–H and O–H groups in total. The van der Waals surface area contributed by atoms with Gasteiger partial charge in [-0.25, -0.2) is 4.39 Å². The van der Waals surface area contributed by atoms with Gasteiger partial charge >= 0.3 is 0 Å². The van der Waals surface area contributed by atoms with Crippen molar-refractivity contribution in [2.24, 2.45) is 11.8 Å². The van der Waals surface area contributed by atoms with Crippen LogP contribution < -0.4 is 5.32 Å². The van der Waals surface area contributed by atoms with E-state index >= 15 is 0 Å². The summed E-state index contributed by atoms with van der Waals surface area (Å²) in [5.74, 6) is 0.771. The fourth-order valence-corrected chi connectivity index (χ4v) is 2.32. The van der Waals surface area contributed by atoms with Gasteiger partial charge in [-0.1, -0.05) is 51.4 Å². The summed E-state index contributed by atoms with van der Waals surface area (Å²) in [7, 11) is 0. The second-order valence-electron chi connectivity index (χ2n) is 5.18. The molecule has 1 rings (SSSR count). The van der Waals surface area contributed by atoms with Crippen molar-refractivity contribution in [3.8, 4) is 0 Å². The Labute approximate surface area is 115 Å². The summed E-state index contributed by atoms with van der Waals surface area (Å²) in [6.07, 6.45) is 0.768. The average Bonchev–Trinajstić information content (AvgIpc) is 2.33. The minimum Gasteiger partial charge on any atom is -0.314 e. The van der Waals surface area contributed by atoms with Gasteiger partial charge in [0.25, 0.3) is 0 Å². The van der Waals surface area contributed by atoms with E-state index in [1.54, 1.807) is 6.07 Å². The molecule has 0 bridgehead atoms. The van der Waals surface area contributed by atoms with Crippen molar-refractivity contribution < 1.29 is 4.39 Å². The summed E-state index contributed by atoms with van der Waals surface area (Å²) in [6, 6.07) is 5.36. The van der Waals surface area contributed by atoms with Crippen LogP contribution >= 0.6 is 11.6 Å². The van der Waals surface area contributed by atoms with Crippen LogP contribution in [0.3, 0.4) is 0 Å². The Morgan fingerprint density at radius 2 is 1.94 bits per heavy atom. The zero-order chi connectivity index (χ0) is 13.7. The number of likely N-dealkylation sites (N-methyl/N-ethyl adjacent to an activating group) is 1. The predicted molar refractivity (Wildman–Crippen MR) is 76.6 cm³/mol. The smallest absolute Gasteiger partial charge is 0.142 e. The lowest BCUT2D eigenvalue weighted by atomic mass is 9.86. The molecule has 1 aromatic carbocycles. The van der Waals surface area contributed by atoms with Crippen molar-refractivity contribution in [1.29, 1.82) is 0 Å². The first kappa shape index (κ1) is 15.5. The van der Waals surface area contributed by atoms with E-state index in [9.17, 15) is 4.39 Å². The number of nitrogens with one attached hydrogen (secondary N) is 1. The van der Waals surface area contributed by atoms with Crippen LogP contribution in [0.5, 0.6) is 0 Å². The van der Waals surface area contributed by atoms with E-state index in [-0.39, 0.29) is 10.8 Å². The van der Waals surface area contributed by atoms with Gasteiger partial charge in [-0.15, -0.1) is 0 Å². The molecule has 0 aliphatic rings. The van der Waals surface area contributed by atoms with Gasteiger partial charge in [0.05, 0.1) is 5.02 Å². The molecule has 0 aromatic heterocycles. The number of halogens is 2. The third kappa shape index (κ3) is 3.96. The summed E-state index contributed by atoms with van der Waals surface area (Å²) in [6.45, 7) is 9.65. The molecule has 3 heteroatoms. The van der Waals surface area contributed by atoms with Gasteiger partial charge in [0.1, 0.15) is 5.82 Å². The molecule has 0 saturated carbocycles. The van der Waals surface area contributed by atoms with Crippen molar-refractivity contribution in [1.82, 2.24) is 5.32 Å². The second kappa shape index (κ2) is 7.10. The molecule has 0 saturated heterocycles. The molecule has 0 aliphatic heterocycles. The molecule has 1 aromatic rings. The second-order valence-corrected chi connectivity index (χ2v) is 5.56. The topological polar surface area (TPSA) is 12.0 Å². The molecule has 2 unspecified atom stereocenters. The van der Waals surface area contributed by atoms with Crippen molar-refractivity contribution in [2.45, 2.75) is 40.2 Å². The highest BCUT2D eigenvalue weighted by Gasteiger charge is 2.21. The van der Waals surface area contributed by atoms with Crippen LogP contribution in [0.1, 0.15) is 33.3 Å². The van der Waals surface area contributed by atoms with Crippen molar-refractivity contribution in [3.63, 3.8) is 0 Å². The van der Waals surface area contributed by atoms with Crippen LogP contribution in [-0.2, 0) is 6.42 Å². The van der Waals surface area contributed by atoms with Crippen LogP contribution in [0.2, 0.25) is 5.02 Å². The van der Waals surface area contributed by atoms with Gasteiger partial charge in [0.15, 0.2) is 0 Å². The van der Waals surface area contributed by atoms with Gasteiger partial charge in [-0.05, 0) is 36.4 Å². The number of benzene rings is 1. The van der Waals surface area contributed by atoms with Crippen molar-refractivity contribution in [3.05, 3.63) is 34.6 Å². The maximum atomic E-state index is 13.4. The third-order valence-electron chi connectivity index (χ3n) is 3.62. The first-order valence-corrected chi connectivity index (χ1v) is 7.01. The standard InChI is InChI=1S/C15H23ClFN/c1-5-18-14(11(4)10(2)3)9-12-7-6-8-13(17)15(12)16/h6-8,10-11,14,18H,5,9H2,1-4H3. The van der Waals surface area contributed by atoms with Crippen LogP contribution in [0.4, 0.5) is 4.39 Å². The molecular weight excluding hydrogens is 249 g/mol. The molecule has 0 heterocycles. The van der Waals surface area contributed by atoms with Gasteiger partial charge in [0.2, 0.25) is 0 Å². The lowest BCUT2D eigenvalue weighted by molar-refractivity contribution is 0.300. The Kier molecular flexibility index (Phi) is 6.10. The average molecular weight is 272 g/mol. The molecular formula is C15H23ClFN. The van der Waals surface area contributed by atoms with E-state index in [1.807, 2.05) is 6.07 Å². The molecule has 0 fully saturated rings. The third-order valence-corrected chi connectivity index (χ3v) is 4.05. The van der Waals surface area contributed by atoms with Crippen LogP contribution in [0.25, 0.3) is 0 Å². The summed E-state index contributed by atoms with van der Waals surface area (Å²) < 4.78 is 13.4. The summed E-state index contributed by atoms with van der Waals surface area (Å²) in [4.78, 5) is 0. The Morgan fingerprint density at radius 3 is 2.50 bits per heavy atom. The Bertz CT molecular complexity index is 379. The highest BCUT2D eigenvalue weighted by atomic mass is 35.5. The minimum absolute atomic E-state index is 0.261. The first-order chi connectivity index (χ1) is 8.47. The molecule has 1 nitrogen and oxygen atoms in total. The summed E-state index contributed by atoms with van der Waals surface area (Å²) in [5.41, 5.74) is 0.884. The monoisotopic (exact) mass is 271 g/mol. The molecule has 0 amide bonds. The Morgan fingerprint density at radius 1 is 1.28 bits per heavy atom. The van der Waals surface area contributed by atoms with E-state index in [0.29, 0.717) is 17.9 Å². The number of hydrogen-bond donors (Lipinski definition) is 1. The highest BCUT2D eigenvalue weighted by Crippen LogP contribution is 2.24. The predicted octanol–water partition coefficient (Wildman–Crippen LogP) is 4.29. The van der Waals surface area contributed by atoms with Crippen LogP contribution in [-0.4, -0.2) is 12.6 Å². The molecule has 0 spiro atoms. The molecule has 102 valence electrons. The van der Waals surface area contributed by atoms with Crippen molar-refractivity contribution >= 4 is 11.6 Å². The number of rotatable bonds is 6. The van der Waals surface area contributed by atoms with E-state index in [1.165, 1.54) is 6.07 Å². The zero-order valence-corrected chi connectivity index (χ0v) is 12.4. The maximum absolute atomic E-state index is 13.4. The Balaban J connectivity index is 2.86.